The van der Waals surface area contributed by atoms with Crippen LogP contribution in [0.15, 0.2) is 42.6 Å². The molecule has 1 amide bonds. The topological polar surface area (TPSA) is 91.8 Å². The molecule has 8 nitrogen and oxygen atoms in total. The van der Waals surface area contributed by atoms with Gasteiger partial charge < -0.3 is 19.9 Å². The number of nitrogens with zero attached hydrogens (tertiary/aromatic N) is 3. The quantitative estimate of drug-likeness (QED) is 0.370. The maximum Gasteiger partial charge on any atom is 0.472 e. The minimum Gasteiger partial charge on any atom is -0.493 e. The van der Waals surface area contributed by atoms with Crippen LogP contribution in [-0.4, -0.2) is 48.2 Å². The molecule has 2 aromatic carbocycles. The second-order valence-electron chi connectivity index (χ2n) is 8.78. The minimum atomic E-state index is -5.16. The third-order valence-electron chi connectivity index (χ3n) is 6.19. The lowest BCUT2D eigenvalue weighted by Crippen LogP contribution is -2.38. The van der Waals surface area contributed by atoms with E-state index in [0.717, 1.165) is 25.7 Å². The molecular formula is C26H28ClF3N4O4. The Balaban J connectivity index is 1.86. The number of aromatic nitrogens is 2. The van der Waals surface area contributed by atoms with Gasteiger partial charge in [-0.2, -0.15) is 18.3 Å². The van der Waals surface area contributed by atoms with Crippen molar-refractivity contribution in [1.29, 1.82) is 0 Å². The zero-order chi connectivity index (χ0) is 27.4. The first-order valence-corrected chi connectivity index (χ1v) is 12.4. The molecule has 4 rings (SSSR count). The molecular weight excluding hydrogens is 525 g/mol. The van der Waals surface area contributed by atoms with Crippen molar-refractivity contribution in [3.8, 4) is 28.5 Å². The molecule has 204 valence electrons. The number of aryl methyl sites for hydroxylation is 1. The van der Waals surface area contributed by atoms with Crippen LogP contribution in [0.2, 0.25) is 5.02 Å². The molecule has 1 aliphatic rings. The van der Waals surface area contributed by atoms with Crippen molar-refractivity contribution in [2.75, 3.05) is 25.2 Å². The maximum absolute atomic E-state index is 13.9. The summed E-state index contributed by atoms with van der Waals surface area (Å²) in [5.74, 6) is -1.14. The Kier molecular flexibility index (Phi) is 8.37. The predicted octanol–water partition coefficient (Wildman–Crippen LogP) is 5.64. The van der Waals surface area contributed by atoms with E-state index in [1.54, 1.807) is 7.05 Å². The normalized spacial score (nSPS) is 14.0. The van der Waals surface area contributed by atoms with Crippen LogP contribution >= 0.6 is 11.6 Å². The highest BCUT2D eigenvalue weighted by Gasteiger charge is 2.44. The Bertz CT molecular complexity index is 1270. The summed E-state index contributed by atoms with van der Waals surface area (Å²) in [5, 5.41) is 4.37. The Morgan fingerprint density at radius 3 is 2.37 bits per heavy atom. The van der Waals surface area contributed by atoms with Crippen LogP contribution < -0.4 is 24.8 Å². The fraction of sp³-hybridized carbons (Fsp3) is 0.385. The van der Waals surface area contributed by atoms with Gasteiger partial charge in [0.1, 0.15) is 12.4 Å². The molecule has 0 atom stereocenters. The van der Waals surface area contributed by atoms with Gasteiger partial charge in [-0.25, -0.2) is 0 Å². The van der Waals surface area contributed by atoms with Gasteiger partial charge in [-0.05, 0) is 56.0 Å². The van der Waals surface area contributed by atoms with Crippen LogP contribution in [0.5, 0.6) is 17.2 Å². The lowest BCUT2D eigenvalue weighted by Gasteiger charge is -2.26. The molecule has 0 bridgehead atoms. The number of benzene rings is 2. The van der Waals surface area contributed by atoms with Crippen molar-refractivity contribution < 1.29 is 32.2 Å². The zero-order valence-corrected chi connectivity index (χ0v) is 21.7. The van der Waals surface area contributed by atoms with Gasteiger partial charge in [0.05, 0.1) is 41.5 Å². The highest BCUT2D eigenvalue weighted by atomic mass is 35.5. The van der Waals surface area contributed by atoms with Gasteiger partial charge in [-0.3, -0.25) is 14.4 Å². The standard InChI is InChI=1S/C26H28ClF3N4O4/c1-33-24(20(27)15-32-33)19-13-16(7-9-21(19)37-12-11-31)34(25(35)26(28,29)30)17-8-10-22(36-2)23(14-17)38-18-5-3-4-6-18/h7-10,13-15,18H,3-6,11-12,31H2,1-2H3. The number of ether oxygens (including phenoxy) is 3. The van der Waals surface area contributed by atoms with Crippen LogP contribution in [0.1, 0.15) is 25.7 Å². The molecule has 0 spiro atoms. The zero-order valence-electron chi connectivity index (χ0n) is 20.9. The first-order chi connectivity index (χ1) is 18.1. The summed E-state index contributed by atoms with van der Waals surface area (Å²) in [6, 6.07) is 8.48. The SMILES string of the molecule is COc1ccc(N(C(=O)C(F)(F)F)c2ccc(OCCN)c(-c3c(Cl)cnn3C)c2)cc1OC1CCCC1. The molecule has 1 aromatic heterocycles. The van der Waals surface area contributed by atoms with Crippen LogP contribution in [0.25, 0.3) is 11.3 Å². The highest BCUT2D eigenvalue weighted by molar-refractivity contribution is 6.33. The van der Waals surface area contributed by atoms with Crippen LogP contribution in [0.3, 0.4) is 0 Å². The van der Waals surface area contributed by atoms with E-state index in [1.165, 1.54) is 54.4 Å². The van der Waals surface area contributed by atoms with Gasteiger partial charge in [-0.15, -0.1) is 0 Å². The van der Waals surface area contributed by atoms with E-state index in [4.69, 9.17) is 31.5 Å². The Labute approximate surface area is 223 Å². The largest absolute Gasteiger partial charge is 0.493 e. The Morgan fingerprint density at radius 2 is 1.79 bits per heavy atom. The van der Waals surface area contributed by atoms with E-state index in [-0.39, 0.29) is 41.4 Å². The summed E-state index contributed by atoms with van der Waals surface area (Å²) >= 11 is 6.35. The summed E-state index contributed by atoms with van der Waals surface area (Å²) < 4.78 is 60.2. The van der Waals surface area contributed by atoms with Gasteiger partial charge in [-0.1, -0.05) is 11.6 Å². The average molecular weight is 553 g/mol. The van der Waals surface area contributed by atoms with E-state index in [0.29, 0.717) is 27.7 Å². The number of anilines is 2. The number of rotatable bonds is 9. The van der Waals surface area contributed by atoms with Gasteiger partial charge in [0, 0.05) is 25.2 Å². The lowest BCUT2D eigenvalue weighted by atomic mass is 10.1. The summed E-state index contributed by atoms with van der Waals surface area (Å²) in [6.45, 7) is 0.377. The molecule has 0 radical (unpaired) electrons. The Hall–Kier alpha value is -3.44. The maximum atomic E-state index is 13.9. The third kappa shape index (κ3) is 5.83. The first kappa shape index (κ1) is 27.6. The number of carbonyl (C=O) groups excluding carboxylic acids is 1. The summed E-state index contributed by atoms with van der Waals surface area (Å²) in [5.41, 5.74) is 6.22. The predicted molar refractivity (Wildman–Crippen MR) is 137 cm³/mol. The van der Waals surface area contributed by atoms with Crippen molar-refractivity contribution in [1.82, 2.24) is 9.78 Å². The molecule has 1 saturated carbocycles. The van der Waals surface area contributed by atoms with Crippen molar-refractivity contribution in [3.05, 3.63) is 47.6 Å². The van der Waals surface area contributed by atoms with Gasteiger partial charge >= 0.3 is 12.1 Å². The summed E-state index contributed by atoms with van der Waals surface area (Å²) in [4.78, 5) is 13.4. The minimum absolute atomic E-state index is 0.0428. The number of hydrogen-bond donors (Lipinski definition) is 1. The van der Waals surface area contributed by atoms with E-state index < -0.39 is 12.1 Å². The number of hydrogen-bond acceptors (Lipinski definition) is 6. The summed E-state index contributed by atoms with van der Waals surface area (Å²) in [6.07, 6.45) is -0.165. The van der Waals surface area contributed by atoms with E-state index in [9.17, 15) is 18.0 Å². The second kappa shape index (κ2) is 11.5. The molecule has 1 heterocycles. The number of carbonyl (C=O) groups is 1. The van der Waals surface area contributed by atoms with Crippen molar-refractivity contribution in [3.63, 3.8) is 0 Å². The van der Waals surface area contributed by atoms with E-state index in [1.807, 2.05) is 0 Å². The first-order valence-electron chi connectivity index (χ1n) is 12.0. The van der Waals surface area contributed by atoms with Gasteiger partial charge in [0.25, 0.3) is 0 Å². The smallest absolute Gasteiger partial charge is 0.472 e. The molecule has 2 N–H and O–H groups in total. The van der Waals surface area contributed by atoms with Gasteiger partial charge in [0.15, 0.2) is 11.5 Å². The molecule has 0 unspecified atom stereocenters. The fourth-order valence-electron chi connectivity index (χ4n) is 4.44. The molecule has 0 saturated heterocycles. The van der Waals surface area contributed by atoms with Crippen molar-refractivity contribution >= 4 is 28.9 Å². The number of halogens is 4. The van der Waals surface area contributed by atoms with Gasteiger partial charge in [0.2, 0.25) is 0 Å². The third-order valence-corrected chi connectivity index (χ3v) is 6.47. The van der Waals surface area contributed by atoms with Crippen molar-refractivity contribution in [2.45, 2.75) is 38.0 Å². The van der Waals surface area contributed by atoms with E-state index >= 15 is 0 Å². The highest BCUT2D eigenvalue weighted by Crippen LogP contribution is 2.42. The fourth-order valence-corrected chi connectivity index (χ4v) is 4.71. The number of methoxy groups -OCH3 is 1. The molecule has 3 aromatic rings. The van der Waals surface area contributed by atoms with Crippen molar-refractivity contribution in [2.24, 2.45) is 12.8 Å². The molecule has 38 heavy (non-hydrogen) atoms. The molecule has 1 aliphatic carbocycles. The second-order valence-corrected chi connectivity index (χ2v) is 9.19. The lowest BCUT2D eigenvalue weighted by molar-refractivity contribution is -0.169. The number of alkyl halides is 3. The van der Waals surface area contributed by atoms with Crippen LogP contribution in [0.4, 0.5) is 24.5 Å². The Morgan fingerprint density at radius 1 is 1.13 bits per heavy atom. The van der Waals surface area contributed by atoms with Crippen LogP contribution in [0, 0.1) is 0 Å². The number of nitrogens with two attached hydrogens (primary N) is 1. The molecule has 0 aliphatic heterocycles. The monoisotopic (exact) mass is 552 g/mol. The summed E-state index contributed by atoms with van der Waals surface area (Å²) in [7, 11) is 3.08. The molecule has 12 heteroatoms. The van der Waals surface area contributed by atoms with E-state index in [2.05, 4.69) is 5.10 Å². The van der Waals surface area contributed by atoms with Crippen LogP contribution in [-0.2, 0) is 11.8 Å². The molecule has 1 fully saturated rings. The number of amides is 1. The average Bonchev–Trinajstić information content (AvgIpc) is 3.52.